The summed E-state index contributed by atoms with van der Waals surface area (Å²) in [7, 11) is 2.20. The maximum Gasteiger partial charge on any atom is 0.138 e. The Bertz CT molecular complexity index is 929. The lowest BCUT2D eigenvalue weighted by Crippen LogP contribution is -2.45. The van der Waals surface area contributed by atoms with E-state index in [-0.39, 0.29) is 0 Å². The van der Waals surface area contributed by atoms with Crippen molar-refractivity contribution in [3.8, 4) is 0 Å². The average molecular weight is 377 g/mol. The monoisotopic (exact) mass is 376 g/mol. The van der Waals surface area contributed by atoms with Gasteiger partial charge in [0, 0.05) is 45.1 Å². The van der Waals surface area contributed by atoms with E-state index in [0.717, 1.165) is 44.9 Å². The van der Waals surface area contributed by atoms with E-state index in [9.17, 15) is 0 Å². The van der Waals surface area contributed by atoms with Crippen LogP contribution in [0.15, 0.2) is 48.8 Å². The third-order valence-electron chi connectivity index (χ3n) is 6.12. The molecule has 0 spiro atoms. The van der Waals surface area contributed by atoms with Crippen LogP contribution in [0.2, 0.25) is 0 Å². The fourth-order valence-corrected chi connectivity index (χ4v) is 4.61. The molecule has 2 aliphatic heterocycles. The third-order valence-corrected chi connectivity index (χ3v) is 6.12. The van der Waals surface area contributed by atoms with E-state index in [2.05, 4.69) is 67.7 Å². The molecule has 5 rings (SSSR count). The number of piperazine rings is 1. The van der Waals surface area contributed by atoms with Gasteiger partial charge in [0.15, 0.2) is 0 Å². The molecule has 2 saturated heterocycles. The highest BCUT2D eigenvalue weighted by atomic mass is 15.3. The molecule has 2 fully saturated rings. The standard InChI is InChI=1S/C22H28N6/c1-25-13-15-26(16-14-25)22-19(24-21-9-3-5-12-28(21)22)17-27-11-6-8-20(27)18-7-2-4-10-23-18/h2-5,7,9-10,12,20H,6,8,11,13-17H2,1H3. The van der Waals surface area contributed by atoms with Crippen molar-refractivity contribution in [1.29, 1.82) is 0 Å². The molecule has 0 N–H and O–H groups in total. The van der Waals surface area contributed by atoms with Crippen molar-refractivity contribution in [2.24, 2.45) is 0 Å². The van der Waals surface area contributed by atoms with Gasteiger partial charge in [0.2, 0.25) is 0 Å². The van der Waals surface area contributed by atoms with Crippen LogP contribution in [0.5, 0.6) is 0 Å². The van der Waals surface area contributed by atoms with Gasteiger partial charge in [0.1, 0.15) is 11.5 Å². The first-order chi connectivity index (χ1) is 13.8. The number of hydrogen-bond acceptors (Lipinski definition) is 5. The van der Waals surface area contributed by atoms with E-state index >= 15 is 0 Å². The van der Waals surface area contributed by atoms with Gasteiger partial charge in [-0.15, -0.1) is 0 Å². The lowest BCUT2D eigenvalue weighted by atomic mass is 10.1. The van der Waals surface area contributed by atoms with Gasteiger partial charge in [-0.3, -0.25) is 14.3 Å². The molecule has 0 bridgehead atoms. The number of rotatable bonds is 4. The molecule has 0 aromatic carbocycles. The number of anilines is 1. The molecule has 1 atom stereocenters. The maximum atomic E-state index is 5.04. The Balaban J connectivity index is 1.48. The van der Waals surface area contributed by atoms with Crippen LogP contribution in [0.1, 0.15) is 30.3 Å². The zero-order valence-corrected chi connectivity index (χ0v) is 16.5. The van der Waals surface area contributed by atoms with Crippen LogP contribution in [-0.4, -0.2) is 63.9 Å². The Morgan fingerprint density at radius 1 is 1.00 bits per heavy atom. The zero-order chi connectivity index (χ0) is 18.9. The van der Waals surface area contributed by atoms with Gasteiger partial charge in [0.25, 0.3) is 0 Å². The first kappa shape index (κ1) is 17.6. The van der Waals surface area contributed by atoms with Crippen molar-refractivity contribution >= 4 is 11.5 Å². The third kappa shape index (κ3) is 3.27. The van der Waals surface area contributed by atoms with Crippen LogP contribution in [0.25, 0.3) is 5.65 Å². The average Bonchev–Trinajstić information content (AvgIpc) is 3.34. The smallest absolute Gasteiger partial charge is 0.138 e. The first-order valence-electron chi connectivity index (χ1n) is 10.3. The molecule has 6 nitrogen and oxygen atoms in total. The normalized spacial score (nSPS) is 21.6. The summed E-state index contributed by atoms with van der Waals surface area (Å²) < 4.78 is 2.27. The highest BCUT2D eigenvalue weighted by Gasteiger charge is 2.30. The van der Waals surface area contributed by atoms with Gasteiger partial charge in [0.05, 0.1) is 17.4 Å². The van der Waals surface area contributed by atoms with Crippen LogP contribution in [-0.2, 0) is 6.54 Å². The van der Waals surface area contributed by atoms with Gasteiger partial charge in [-0.25, -0.2) is 4.98 Å². The molecule has 3 aromatic heterocycles. The van der Waals surface area contributed by atoms with Crippen molar-refractivity contribution in [3.63, 3.8) is 0 Å². The number of aromatic nitrogens is 3. The lowest BCUT2D eigenvalue weighted by Gasteiger charge is -2.34. The second-order valence-corrected chi connectivity index (χ2v) is 7.98. The molecule has 1 unspecified atom stereocenters. The van der Waals surface area contributed by atoms with E-state index in [1.165, 1.54) is 30.0 Å². The van der Waals surface area contributed by atoms with Crippen LogP contribution >= 0.6 is 0 Å². The highest BCUT2D eigenvalue weighted by Crippen LogP contribution is 2.34. The quantitative estimate of drug-likeness (QED) is 0.700. The number of likely N-dealkylation sites (tertiary alicyclic amines) is 1. The Labute approximate surface area is 166 Å². The number of hydrogen-bond donors (Lipinski definition) is 0. The van der Waals surface area contributed by atoms with Crippen LogP contribution in [0.4, 0.5) is 5.82 Å². The molecule has 2 aliphatic rings. The summed E-state index contributed by atoms with van der Waals surface area (Å²) in [6.45, 7) is 6.28. The summed E-state index contributed by atoms with van der Waals surface area (Å²) in [5.74, 6) is 1.27. The van der Waals surface area contributed by atoms with E-state index in [1.54, 1.807) is 0 Å². The summed E-state index contributed by atoms with van der Waals surface area (Å²) in [5.41, 5.74) is 3.42. The summed E-state index contributed by atoms with van der Waals surface area (Å²) in [5, 5.41) is 0. The lowest BCUT2D eigenvalue weighted by molar-refractivity contribution is 0.241. The van der Waals surface area contributed by atoms with E-state index in [1.807, 2.05) is 12.3 Å². The minimum atomic E-state index is 0.395. The van der Waals surface area contributed by atoms with Gasteiger partial charge >= 0.3 is 0 Å². The van der Waals surface area contributed by atoms with E-state index < -0.39 is 0 Å². The second kappa shape index (κ2) is 7.53. The second-order valence-electron chi connectivity index (χ2n) is 7.98. The molecule has 0 saturated carbocycles. The Morgan fingerprint density at radius 3 is 2.68 bits per heavy atom. The molecule has 0 amide bonds. The molecular weight excluding hydrogens is 348 g/mol. The van der Waals surface area contributed by atoms with Crippen LogP contribution < -0.4 is 4.90 Å². The highest BCUT2D eigenvalue weighted by molar-refractivity contribution is 5.57. The van der Waals surface area contributed by atoms with Crippen LogP contribution in [0, 0.1) is 0 Å². The maximum absolute atomic E-state index is 5.04. The Morgan fingerprint density at radius 2 is 1.86 bits per heavy atom. The van der Waals surface area contributed by atoms with Crippen molar-refractivity contribution in [1.82, 2.24) is 24.2 Å². The van der Waals surface area contributed by atoms with Gasteiger partial charge in [-0.2, -0.15) is 0 Å². The molecule has 3 aromatic rings. The molecule has 5 heterocycles. The molecular formula is C22H28N6. The van der Waals surface area contributed by atoms with Crippen molar-refractivity contribution in [2.75, 3.05) is 44.7 Å². The van der Waals surface area contributed by atoms with Crippen molar-refractivity contribution in [3.05, 3.63) is 60.2 Å². The fourth-order valence-electron chi connectivity index (χ4n) is 4.61. The summed E-state index contributed by atoms with van der Waals surface area (Å²) in [4.78, 5) is 17.2. The van der Waals surface area contributed by atoms with Gasteiger partial charge in [-0.1, -0.05) is 12.1 Å². The number of imidazole rings is 1. The minimum absolute atomic E-state index is 0.395. The number of likely N-dealkylation sites (N-methyl/N-ethyl adjacent to an activating group) is 1. The summed E-state index contributed by atoms with van der Waals surface area (Å²) >= 11 is 0. The van der Waals surface area contributed by atoms with Crippen molar-refractivity contribution in [2.45, 2.75) is 25.4 Å². The molecule has 28 heavy (non-hydrogen) atoms. The summed E-state index contributed by atoms with van der Waals surface area (Å²) in [6, 6.07) is 12.9. The first-order valence-corrected chi connectivity index (χ1v) is 10.3. The molecule has 146 valence electrons. The number of pyridine rings is 2. The number of nitrogens with zero attached hydrogens (tertiary/aromatic N) is 6. The van der Waals surface area contributed by atoms with Crippen molar-refractivity contribution < 1.29 is 0 Å². The molecule has 0 radical (unpaired) electrons. The topological polar surface area (TPSA) is 39.9 Å². The van der Waals surface area contributed by atoms with Gasteiger partial charge < -0.3 is 9.80 Å². The predicted octanol–water partition coefficient (Wildman–Crippen LogP) is 2.82. The van der Waals surface area contributed by atoms with Crippen LogP contribution in [0.3, 0.4) is 0 Å². The molecule has 0 aliphatic carbocycles. The largest absolute Gasteiger partial charge is 0.354 e. The van der Waals surface area contributed by atoms with Gasteiger partial charge in [-0.05, 0) is 50.7 Å². The molecule has 6 heteroatoms. The van der Waals surface area contributed by atoms with E-state index in [0.29, 0.717) is 6.04 Å². The minimum Gasteiger partial charge on any atom is -0.354 e. The zero-order valence-electron chi connectivity index (χ0n) is 16.5. The fraction of sp³-hybridized carbons (Fsp3) is 0.455. The summed E-state index contributed by atoms with van der Waals surface area (Å²) in [6.07, 6.45) is 6.46. The van der Waals surface area contributed by atoms with E-state index in [4.69, 9.17) is 4.98 Å². The number of fused-ring (bicyclic) bond motifs is 1. The predicted molar refractivity (Wildman–Crippen MR) is 112 cm³/mol. The SMILES string of the molecule is CN1CCN(c2c(CN3CCCC3c3ccccn3)nc3ccccn23)CC1. The Kier molecular flexibility index (Phi) is 4.74. The Hall–Kier alpha value is -2.44.